The van der Waals surface area contributed by atoms with E-state index in [-0.39, 0.29) is 30.1 Å². The molecule has 0 saturated carbocycles. The zero-order chi connectivity index (χ0) is 14.3. The molecular weight excluding hydrogens is 282 g/mol. The molecule has 6 nitrogen and oxygen atoms in total. The Morgan fingerprint density at radius 2 is 1.85 bits per heavy atom. The largest absolute Gasteiger partial charge is 0.378 e. The Balaban J connectivity index is 0.00000361. The van der Waals surface area contributed by atoms with Crippen molar-refractivity contribution >= 4 is 24.2 Å². The first-order chi connectivity index (χ1) is 9.06. The average Bonchev–Trinajstić information content (AvgIpc) is 2.42. The van der Waals surface area contributed by atoms with Gasteiger partial charge in [-0.1, -0.05) is 13.8 Å². The van der Waals surface area contributed by atoms with E-state index in [1.165, 1.54) is 0 Å². The Labute approximate surface area is 127 Å². The van der Waals surface area contributed by atoms with Crippen LogP contribution < -0.4 is 10.6 Å². The molecule has 118 valence electrons. The molecule has 7 heteroatoms. The van der Waals surface area contributed by atoms with Crippen molar-refractivity contribution < 1.29 is 14.3 Å². The van der Waals surface area contributed by atoms with Crippen LogP contribution in [0.15, 0.2) is 0 Å². The van der Waals surface area contributed by atoms with Gasteiger partial charge >= 0.3 is 0 Å². The summed E-state index contributed by atoms with van der Waals surface area (Å²) in [7, 11) is 1.80. The summed E-state index contributed by atoms with van der Waals surface area (Å²) in [4.78, 5) is 25.9. The molecule has 1 saturated heterocycles. The smallest absolute Gasteiger partial charge is 0.245 e. The molecule has 0 aromatic carbocycles. The minimum Gasteiger partial charge on any atom is -0.378 e. The first-order valence-electron chi connectivity index (χ1n) is 6.86. The molecule has 0 bridgehead atoms. The predicted molar refractivity (Wildman–Crippen MR) is 80.0 cm³/mol. The standard InChI is InChI=1S/C13H25N3O3.ClH/c1-10(2)12(15-11(17)4-5-14-3)13(18)16-6-8-19-9-7-16;/h10,12,14H,4-9H2,1-3H3,(H,15,17);1H. The van der Waals surface area contributed by atoms with Crippen LogP contribution in [-0.4, -0.2) is 62.7 Å². The number of rotatable bonds is 6. The van der Waals surface area contributed by atoms with Gasteiger partial charge in [-0.05, 0) is 13.0 Å². The topological polar surface area (TPSA) is 70.7 Å². The van der Waals surface area contributed by atoms with Crippen molar-refractivity contribution in [3.63, 3.8) is 0 Å². The summed E-state index contributed by atoms with van der Waals surface area (Å²) in [5, 5.41) is 5.76. The summed E-state index contributed by atoms with van der Waals surface area (Å²) < 4.78 is 5.23. The van der Waals surface area contributed by atoms with Gasteiger partial charge in [0.2, 0.25) is 11.8 Å². The lowest BCUT2D eigenvalue weighted by Gasteiger charge is -2.32. The van der Waals surface area contributed by atoms with Crippen LogP contribution >= 0.6 is 12.4 Å². The molecule has 2 N–H and O–H groups in total. The summed E-state index contributed by atoms with van der Waals surface area (Å²) in [5.74, 6) is -0.0142. The fourth-order valence-corrected chi connectivity index (χ4v) is 1.98. The fourth-order valence-electron chi connectivity index (χ4n) is 1.98. The normalized spacial score (nSPS) is 16.5. The molecule has 1 heterocycles. The van der Waals surface area contributed by atoms with Gasteiger partial charge in [0.15, 0.2) is 0 Å². The summed E-state index contributed by atoms with van der Waals surface area (Å²) in [6, 6.07) is -0.442. The number of nitrogens with one attached hydrogen (secondary N) is 2. The first kappa shape index (κ1) is 19.1. The molecule has 1 aliphatic heterocycles. The van der Waals surface area contributed by atoms with Crippen molar-refractivity contribution in [2.24, 2.45) is 5.92 Å². The Bertz CT molecular complexity index is 307. The number of carbonyl (C=O) groups excluding carboxylic acids is 2. The minimum absolute atomic E-state index is 0. The summed E-state index contributed by atoms with van der Waals surface area (Å²) >= 11 is 0. The van der Waals surface area contributed by atoms with Crippen LogP contribution in [0.3, 0.4) is 0 Å². The van der Waals surface area contributed by atoms with Crippen LogP contribution in [-0.2, 0) is 14.3 Å². The van der Waals surface area contributed by atoms with Gasteiger partial charge in [0.1, 0.15) is 6.04 Å². The third kappa shape index (κ3) is 6.07. The molecule has 1 unspecified atom stereocenters. The van der Waals surface area contributed by atoms with E-state index in [0.29, 0.717) is 39.3 Å². The van der Waals surface area contributed by atoms with Crippen molar-refractivity contribution in [2.45, 2.75) is 26.3 Å². The lowest BCUT2D eigenvalue weighted by Crippen LogP contribution is -2.54. The Kier molecular flexibility index (Phi) is 9.54. The SMILES string of the molecule is CNCCC(=O)NC(C(=O)N1CCOCC1)C(C)C.Cl. The summed E-state index contributed by atoms with van der Waals surface area (Å²) in [6.07, 6.45) is 0.385. The van der Waals surface area contributed by atoms with Crippen molar-refractivity contribution in [1.82, 2.24) is 15.5 Å². The van der Waals surface area contributed by atoms with Crippen LogP contribution in [0.1, 0.15) is 20.3 Å². The molecule has 0 aromatic heterocycles. The van der Waals surface area contributed by atoms with Crippen molar-refractivity contribution in [3.05, 3.63) is 0 Å². The van der Waals surface area contributed by atoms with Gasteiger partial charge in [0.05, 0.1) is 13.2 Å². The maximum atomic E-state index is 12.4. The third-order valence-corrected chi connectivity index (χ3v) is 3.17. The highest BCUT2D eigenvalue weighted by Crippen LogP contribution is 2.08. The van der Waals surface area contributed by atoms with Crippen LogP contribution in [0.5, 0.6) is 0 Å². The molecule has 2 amide bonds. The van der Waals surface area contributed by atoms with Gasteiger partial charge < -0.3 is 20.3 Å². The van der Waals surface area contributed by atoms with Crippen molar-refractivity contribution in [1.29, 1.82) is 0 Å². The monoisotopic (exact) mass is 307 g/mol. The van der Waals surface area contributed by atoms with Crippen LogP contribution in [0.2, 0.25) is 0 Å². The second kappa shape index (κ2) is 9.96. The van der Waals surface area contributed by atoms with Crippen LogP contribution in [0.4, 0.5) is 0 Å². The lowest BCUT2D eigenvalue weighted by molar-refractivity contribution is -0.141. The minimum atomic E-state index is -0.442. The van der Waals surface area contributed by atoms with Gasteiger partial charge in [-0.25, -0.2) is 0 Å². The molecule has 20 heavy (non-hydrogen) atoms. The number of ether oxygens (including phenoxy) is 1. The molecule has 0 aromatic rings. The predicted octanol–water partition coefficient (Wildman–Crippen LogP) is 0.0173. The number of nitrogens with zero attached hydrogens (tertiary/aromatic N) is 1. The molecule has 1 aliphatic rings. The van der Waals surface area contributed by atoms with Crippen molar-refractivity contribution in [3.8, 4) is 0 Å². The van der Waals surface area contributed by atoms with Crippen LogP contribution in [0, 0.1) is 5.92 Å². The highest BCUT2D eigenvalue weighted by molar-refractivity contribution is 5.88. The summed E-state index contributed by atoms with van der Waals surface area (Å²) in [5.41, 5.74) is 0. The number of amides is 2. The second-order valence-electron chi connectivity index (χ2n) is 5.08. The van der Waals surface area contributed by atoms with Gasteiger partial charge in [0, 0.05) is 26.1 Å². The summed E-state index contributed by atoms with van der Waals surface area (Å²) in [6.45, 7) is 6.86. The maximum absolute atomic E-state index is 12.4. The number of carbonyl (C=O) groups is 2. The number of hydrogen-bond acceptors (Lipinski definition) is 4. The molecular formula is C13H26ClN3O3. The third-order valence-electron chi connectivity index (χ3n) is 3.17. The van der Waals surface area contributed by atoms with Gasteiger partial charge in [-0.15, -0.1) is 12.4 Å². The Hall–Kier alpha value is -0.850. The first-order valence-corrected chi connectivity index (χ1v) is 6.86. The van der Waals surface area contributed by atoms with E-state index in [2.05, 4.69) is 10.6 Å². The number of hydrogen-bond donors (Lipinski definition) is 2. The highest BCUT2D eigenvalue weighted by Gasteiger charge is 2.29. The van der Waals surface area contributed by atoms with E-state index in [1.54, 1.807) is 11.9 Å². The second-order valence-corrected chi connectivity index (χ2v) is 5.08. The number of halogens is 1. The van der Waals surface area contributed by atoms with E-state index in [9.17, 15) is 9.59 Å². The van der Waals surface area contributed by atoms with Gasteiger partial charge in [-0.3, -0.25) is 9.59 Å². The molecule has 0 aliphatic carbocycles. The number of morpholine rings is 1. The molecule has 1 atom stereocenters. The van der Waals surface area contributed by atoms with E-state index in [1.807, 2.05) is 13.8 Å². The molecule has 0 spiro atoms. The van der Waals surface area contributed by atoms with Gasteiger partial charge in [0.25, 0.3) is 0 Å². The van der Waals surface area contributed by atoms with E-state index >= 15 is 0 Å². The lowest BCUT2D eigenvalue weighted by atomic mass is 10.0. The highest BCUT2D eigenvalue weighted by atomic mass is 35.5. The Morgan fingerprint density at radius 1 is 1.25 bits per heavy atom. The van der Waals surface area contributed by atoms with Crippen molar-refractivity contribution in [2.75, 3.05) is 39.9 Å². The fraction of sp³-hybridized carbons (Fsp3) is 0.846. The van der Waals surface area contributed by atoms with E-state index in [4.69, 9.17) is 4.74 Å². The zero-order valence-corrected chi connectivity index (χ0v) is 13.3. The molecule has 1 fully saturated rings. The van der Waals surface area contributed by atoms with E-state index < -0.39 is 6.04 Å². The maximum Gasteiger partial charge on any atom is 0.245 e. The van der Waals surface area contributed by atoms with Crippen LogP contribution in [0.25, 0.3) is 0 Å². The quantitative estimate of drug-likeness (QED) is 0.726. The molecule has 0 radical (unpaired) electrons. The zero-order valence-electron chi connectivity index (χ0n) is 12.5. The average molecular weight is 308 g/mol. The Morgan fingerprint density at radius 3 is 2.35 bits per heavy atom. The van der Waals surface area contributed by atoms with Gasteiger partial charge in [-0.2, -0.15) is 0 Å². The molecule has 1 rings (SSSR count). The van der Waals surface area contributed by atoms with E-state index in [0.717, 1.165) is 0 Å².